The molecule has 1 aliphatic carbocycles. The zero-order valence-corrected chi connectivity index (χ0v) is 10.1. The van der Waals surface area contributed by atoms with Gasteiger partial charge in [0.2, 0.25) is 0 Å². The second-order valence-corrected chi connectivity index (χ2v) is 5.69. The van der Waals surface area contributed by atoms with Gasteiger partial charge >= 0.3 is 6.09 Å². The Kier molecular flexibility index (Phi) is 3.28. The number of alkyl carbamates (subject to hydrolysis) is 1. The predicted molar refractivity (Wildman–Crippen MR) is 59.6 cm³/mol. The molecule has 0 heterocycles. The second kappa shape index (κ2) is 4.00. The smallest absolute Gasteiger partial charge is 0.408 e. The summed E-state index contributed by atoms with van der Waals surface area (Å²) >= 11 is 0. The Morgan fingerprint density at radius 1 is 1.53 bits per heavy atom. The summed E-state index contributed by atoms with van der Waals surface area (Å²) in [5.41, 5.74) is 5.19. The van der Waals surface area contributed by atoms with Crippen LogP contribution in [0.15, 0.2) is 0 Å². The molecule has 0 aromatic carbocycles. The first-order valence-corrected chi connectivity index (χ1v) is 5.47. The lowest BCUT2D eigenvalue weighted by atomic mass is 10.0. The van der Waals surface area contributed by atoms with Gasteiger partial charge in [-0.1, -0.05) is 0 Å². The van der Waals surface area contributed by atoms with Crippen molar-refractivity contribution in [1.29, 1.82) is 0 Å². The number of carbonyl (C=O) groups excluding carboxylic acids is 1. The molecule has 3 N–H and O–H groups in total. The van der Waals surface area contributed by atoms with Crippen LogP contribution in [0, 0.1) is 0 Å². The van der Waals surface area contributed by atoms with Crippen LogP contribution in [0.1, 0.15) is 47.0 Å². The maximum atomic E-state index is 11.6. The maximum Gasteiger partial charge on any atom is 0.408 e. The molecular formula is C11H22N2O2. The molecule has 1 fully saturated rings. The molecule has 0 aliphatic heterocycles. The Morgan fingerprint density at radius 2 is 2.13 bits per heavy atom. The topological polar surface area (TPSA) is 64.3 Å². The Balaban J connectivity index is 2.45. The monoisotopic (exact) mass is 214 g/mol. The highest BCUT2D eigenvalue weighted by molar-refractivity contribution is 5.68. The number of rotatable bonds is 1. The third kappa shape index (κ3) is 4.08. The highest BCUT2D eigenvalue weighted by Gasteiger charge is 2.35. The number of nitrogens with one attached hydrogen (secondary N) is 1. The van der Waals surface area contributed by atoms with Crippen LogP contribution in [0.3, 0.4) is 0 Å². The van der Waals surface area contributed by atoms with E-state index in [1.807, 2.05) is 27.7 Å². The molecule has 1 rings (SSSR count). The van der Waals surface area contributed by atoms with E-state index in [1.165, 1.54) is 0 Å². The van der Waals surface area contributed by atoms with Gasteiger partial charge in [0, 0.05) is 11.6 Å². The van der Waals surface area contributed by atoms with Crippen LogP contribution in [0.4, 0.5) is 4.79 Å². The number of hydrogen-bond acceptors (Lipinski definition) is 3. The number of hydrogen-bond donors (Lipinski definition) is 2. The van der Waals surface area contributed by atoms with E-state index < -0.39 is 5.60 Å². The van der Waals surface area contributed by atoms with E-state index in [0.29, 0.717) is 0 Å². The number of ether oxygens (including phenoxy) is 1. The van der Waals surface area contributed by atoms with Crippen LogP contribution in [0.2, 0.25) is 0 Å². The van der Waals surface area contributed by atoms with Crippen molar-refractivity contribution in [3.63, 3.8) is 0 Å². The van der Waals surface area contributed by atoms with Gasteiger partial charge in [-0.05, 0) is 47.0 Å². The van der Waals surface area contributed by atoms with E-state index in [2.05, 4.69) is 5.32 Å². The minimum atomic E-state index is -0.443. The van der Waals surface area contributed by atoms with Gasteiger partial charge in [-0.15, -0.1) is 0 Å². The van der Waals surface area contributed by atoms with Crippen molar-refractivity contribution in [3.05, 3.63) is 0 Å². The molecule has 0 radical (unpaired) electrons. The van der Waals surface area contributed by atoms with Crippen molar-refractivity contribution in [3.8, 4) is 0 Å². The van der Waals surface area contributed by atoms with Crippen LogP contribution < -0.4 is 11.1 Å². The Hall–Kier alpha value is -0.770. The fourth-order valence-corrected chi connectivity index (χ4v) is 1.95. The zero-order chi connectivity index (χ0) is 11.7. The molecule has 2 atom stereocenters. The van der Waals surface area contributed by atoms with E-state index in [-0.39, 0.29) is 17.7 Å². The zero-order valence-electron chi connectivity index (χ0n) is 10.1. The van der Waals surface area contributed by atoms with Gasteiger partial charge in [0.1, 0.15) is 5.60 Å². The molecule has 88 valence electrons. The maximum absolute atomic E-state index is 11.6. The van der Waals surface area contributed by atoms with Crippen LogP contribution in [0.5, 0.6) is 0 Å². The van der Waals surface area contributed by atoms with E-state index >= 15 is 0 Å². The second-order valence-electron chi connectivity index (χ2n) is 5.69. The lowest BCUT2D eigenvalue weighted by molar-refractivity contribution is 0.0466. The Bertz CT molecular complexity index is 247. The van der Waals surface area contributed by atoms with Crippen molar-refractivity contribution in [2.45, 2.75) is 64.1 Å². The van der Waals surface area contributed by atoms with Crippen LogP contribution in [-0.2, 0) is 4.74 Å². The number of amides is 1. The molecule has 1 aliphatic rings. The highest BCUT2D eigenvalue weighted by Crippen LogP contribution is 2.28. The molecular weight excluding hydrogens is 192 g/mol. The molecule has 4 nitrogen and oxygen atoms in total. The molecule has 1 saturated carbocycles. The summed E-state index contributed by atoms with van der Waals surface area (Å²) in [6.07, 6.45) is 2.37. The molecule has 0 saturated heterocycles. The Morgan fingerprint density at radius 3 is 2.53 bits per heavy atom. The van der Waals surface area contributed by atoms with Gasteiger partial charge in [0.15, 0.2) is 0 Å². The molecule has 1 amide bonds. The van der Waals surface area contributed by atoms with Crippen LogP contribution >= 0.6 is 0 Å². The lowest BCUT2D eigenvalue weighted by Crippen LogP contribution is -2.46. The summed E-state index contributed by atoms with van der Waals surface area (Å²) in [4.78, 5) is 11.6. The van der Waals surface area contributed by atoms with Gasteiger partial charge in [0.05, 0.1) is 0 Å². The lowest BCUT2D eigenvalue weighted by Gasteiger charge is -2.28. The van der Waals surface area contributed by atoms with E-state index in [9.17, 15) is 4.79 Å². The fourth-order valence-electron chi connectivity index (χ4n) is 1.95. The SMILES string of the molecule is CC1(NC(=O)OC(C)(C)C)CCC(N)C1. The summed E-state index contributed by atoms with van der Waals surface area (Å²) < 4.78 is 5.21. The normalized spacial score (nSPS) is 31.4. The van der Waals surface area contributed by atoms with Crippen molar-refractivity contribution in [2.75, 3.05) is 0 Å². The van der Waals surface area contributed by atoms with Crippen molar-refractivity contribution >= 4 is 6.09 Å². The molecule has 4 heteroatoms. The first kappa shape index (κ1) is 12.3. The van der Waals surface area contributed by atoms with Crippen LogP contribution in [-0.4, -0.2) is 23.3 Å². The standard InChI is InChI=1S/C11H22N2O2/c1-10(2,3)15-9(14)13-11(4)6-5-8(12)7-11/h8H,5-7,12H2,1-4H3,(H,13,14). The van der Waals surface area contributed by atoms with Gasteiger partial charge < -0.3 is 15.8 Å². The minimum Gasteiger partial charge on any atom is -0.444 e. The van der Waals surface area contributed by atoms with E-state index in [0.717, 1.165) is 19.3 Å². The van der Waals surface area contributed by atoms with Gasteiger partial charge in [0.25, 0.3) is 0 Å². The molecule has 0 bridgehead atoms. The van der Waals surface area contributed by atoms with Crippen LogP contribution in [0.25, 0.3) is 0 Å². The van der Waals surface area contributed by atoms with Crippen molar-refractivity contribution in [1.82, 2.24) is 5.32 Å². The number of nitrogens with two attached hydrogens (primary N) is 1. The summed E-state index contributed by atoms with van der Waals surface area (Å²) in [5, 5.41) is 2.90. The largest absolute Gasteiger partial charge is 0.444 e. The molecule has 0 spiro atoms. The third-order valence-corrected chi connectivity index (χ3v) is 2.58. The minimum absolute atomic E-state index is 0.193. The first-order chi connectivity index (χ1) is 6.70. The average Bonchev–Trinajstić information content (AvgIpc) is 2.25. The molecule has 0 aromatic heterocycles. The fraction of sp³-hybridized carbons (Fsp3) is 0.909. The van der Waals surface area contributed by atoms with Gasteiger partial charge in [-0.2, -0.15) is 0 Å². The van der Waals surface area contributed by atoms with E-state index in [4.69, 9.17) is 10.5 Å². The summed E-state index contributed by atoms with van der Waals surface area (Å²) in [6, 6.07) is 0.199. The van der Waals surface area contributed by atoms with Gasteiger partial charge in [-0.3, -0.25) is 0 Å². The molecule has 0 aromatic rings. The van der Waals surface area contributed by atoms with Crippen molar-refractivity contribution < 1.29 is 9.53 Å². The molecule has 15 heavy (non-hydrogen) atoms. The summed E-state index contributed by atoms with van der Waals surface area (Å²) in [5.74, 6) is 0. The summed E-state index contributed by atoms with van der Waals surface area (Å²) in [7, 11) is 0. The summed E-state index contributed by atoms with van der Waals surface area (Å²) in [6.45, 7) is 7.59. The third-order valence-electron chi connectivity index (χ3n) is 2.58. The Labute approximate surface area is 91.5 Å². The number of carbonyl (C=O) groups is 1. The van der Waals surface area contributed by atoms with Crippen molar-refractivity contribution in [2.24, 2.45) is 5.73 Å². The quantitative estimate of drug-likeness (QED) is 0.699. The first-order valence-electron chi connectivity index (χ1n) is 5.47. The van der Waals surface area contributed by atoms with Gasteiger partial charge in [-0.25, -0.2) is 4.79 Å². The predicted octanol–water partition coefficient (Wildman–Crippen LogP) is 1.78. The highest BCUT2D eigenvalue weighted by atomic mass is 16.6. The average molecular weight is 214 g/mol. The molecule has 2 unspecified atom stereocenters. The van der Waals surface area contributed by atoms with E-state index in [1.54, 1.807) is 0 Å².